The van der Waals surface area contributed by atoms with Crippen molar-refractivity contribution in [2.45, 2.75) is 38.8 Å². The first-order chi connectivity index (χ1) is 12.2. The molecule has 1 aromatic rings. The molecule has 0 saturated carbocycles. The van der Waals surface area contributed by atoms with Gasteiger partial charge in [-0.1, -0.05) is 24.3 Å². The van der Waals surface area contributed by atoms with Gasteiger partial charge in [0.05, 0.1) is 12.1 Å². The van der Waals surface area contributed by atoms with Crippen LogP contribution in [0.2, 0.25) is 0 Å². The van der Waals surface area contributed by atoms with Crippen LogP contribution in [-0.4, -0.2) is 44.3 Å². The summed E-state index contributed by atoms with van der Waals surface area (Å²) in [6.07, 6.45) is 6.67. The molecule has 2 aliphatic heterocycles. The van der Waals surface area contributed by atoms with Crippen LogP contribution in [0.4, 0.5) is 5.69 Å². The van der Waals surface area contributed by atoms with Crippen LogP contribution < -0.4 is 15.5 Å². The SMILES string of the molecule is CCNC(=NCc1cccc(N2CC=CC2)c1)NCC1(C)CCCO1. The van der Waals surface area contributed by atoms with E-state index in [0.29, 0.717) is 6.54 Å². The second-order valence-electron chi connectivity index (χ2n) is 7.00. The minimum atomic E-state index is -0.0706. The molecule has 0 amide bonds. The lowest BCUT2D eigenvalue weighted by Crippen LogP contribution is -2.45. The zero-order chi connectivity index (χ0) is 17.5. The van der Waals surface area contributed by atoms with Gasteiger partial charge in [-0.15, -0.1) is 0 Å². The Labute approximate surface area is 151 Å². The van der Waals surface area contributed by atoms with Gasteiger partial charge in [-0.3, -0.25) is 0 Å². The van der Waals surface area contributed by atoms with E-state index in [2.05, 4.69) is 65.8 Å². The van der Waals surface area contributed by atoms with E-state index in [4.69, 9.17) is 9.73 Å². The molecule has 0 spiro atoms. The van der Waals surface area contributed by atoms with Crippen molar-refractivity contribution in [2.75, 3.05) is 37.7 Å². The highest BCUT2D eigenvalue weighted by Crippen LogP contribution is 2.24. The fraction of sp³-hybridized carbons (Fsp3) is 0.550. The Balaban J connectivity index is 1.59. The summed E-state index contributed by atoms with van der Waals surface area (Å²) in [5.41, 5.74) is 2.42. The van der Waals surface area contributed by atoms with Gasteiger partial charge < -0.3 is 20.3 Å². The highest BCUT2D eigenvalue weighted by Gasteiger charge is 2.29. The van der Waals surface area contributed by atoms with Crippen LogP contribution in [0.1, 0.15) is 32.3 Å². The summed E-state index contributed by atoms with van der Waals surface area (Å²) < 4.78 is 5.85. The Morgan fingerprint density at radius 1 is 1.28 bits per heavy atom. The smallest absolute Gasteiger partial charge is 0.191 e. The first-order valence-electron chi connectivity index (χ1n) is 9.33. The molecule has 1 fully saturated rings. The van der Waals surface area contributed by atoms with Crippen LogP contribution in [0.5, 0.6) is 0 Å². The van der Waals surface area contributed by atoms with Gasteiger partial charge in [0.2, 0.25) is 0 Å². The number of rotatable bonds is 6. The van der Waals surface area contributed by atoms with E-state index in [1.165, 1.54) is 11.3 Å². The predicted molar refractivity (Wildman–Crippen MR) is 104 cm³/mol. The van der Waals surface area contributed by atoms with Crippen molar-refractivity contribution < 1.29 is 4.74 Å². The van der Waals surface area contributed by atoms with E-state index >= 15 is 0 Å². The molecule has 5 heteroatoms. The molecule has 25 heavy (non-hydrogen) atoms. The van der Waals surface area contributed by atoms with Crippen LogP contribution in [0.3, 0.4) is 0 Å². The minimum absolute atomic E-state index is 0.0706. The molecule has 2 heterocycles. The third kappa shape index (κ3) is 4.98. The summed E-state index contributed by atoms with van der Waals surface area (Å²) >= 11 is 0. The predicted octanol–water partition coefficient (Wildman–Crippen LogP) is 2.69. The summed E-state index contributed by atoms with van der Waals surface area (Å²) in [7, 11) is 0. The standard InChI is InChI=1S/C20H30N4O/c1-3-21-19(23-16-20(2)10-7-13-25-20)22-15-17-8-6-9-18(14-17)24-11-4-5-12-24/h4-6,8-9,14H,3,7,10-13,15-16H2,1-2H3,(H2,21,22,23). The van der Waals surface area contributed by atoms with E-state index in [-0.39, 0.29) is 5.60 Å². The fourth-order valence-corrected chi connectivity index (χ4v) is 3.30. The van der Waals surface area contributed by atoms with Gasteiger partial charge >= 0.3 is 0 Å². The molecule has 0 bridgehead atoms. The van der Waals surface area contributed by atoms with E-state index in [1.54, 1.807) is 0 Å². The van der Waals surface area contributed by atoms with Crippen LogP contribution >= 0.6 is 0 Å². The van der Waals surface area contributed by atoms with E-state index < -0.39 is 0 Å². The van der Waals surface area contributed by atoms with Crippen molar-refractivity contribution in [1.29, 1.82) is 0 Å². The van der Waals surface area contributed by atoms with Gasteiger partial charge in [0.25, 0.3) is 0 Å². The van der Waals surface area contributed by atoms with Crippen LogP contribution in [-0.2, 0) is 11.3 Å². The highest BCUT2D eigenvalue weighted by atomic mass is 16.5. The first kappa shape index (κ1) is 17.8. The van der Waals surface area contributed by atoms with Gasteiger partial charge in [0.15, 0.2) is 5.96 Å². The topological polar surface area (TPSA) is 48.9 Å². The molecule has 0 radical (unpaired) electrons. The molecule has 1 unspecified atom stereocenters. The molecule has 1 atom stereocenters. The summed E-state index contributed by atoms with van der Waals surface area (Å²) in [6.45, 7) is 9.42. The first-order valence-corrected chi connectivity index (χ1v) is 9.33. The van der Waals surface area contributed by atoms with E-state index in [1.807, 2.05) is 0 Å². The average molecular weight is 342 g/mol. The maximum Gasteiger partial charge on any atom is 0.191 e. The highest BCUT2D eigenvalue weighted by molar-refractivity contribution is 5.79. The lowest BCUT2D eigenvalue weighted by Gasteiger charge is -2.24. The van der Waals surface area contributed by atoms with Gasteiger partial charge in [-0.25, -0.2) is 4.99 Å². The average Bonchev–Trinajstić information content (AvgIpc) is 3.30. The third-order valence-corrected chi connectivity index (χ3v) is 4.79. The summed E-state index contributed by atoms with van der Waals surface area (Å²) in [5, 5.41) is 6.76. The lowest BCUT2D eigenvalue weighted by atomic mass is 10.0. The van der Waals surface area contributed by atoms with Gasteiger partial charge in [0, 0.05) is 38.5 Å². The normalized spacial score (nSPS) is 23.3. The molecule has 136 valence electrons. The zero-order valence-electron chi connectivity index (χ0n) is 15.4. The van der Waals surface area contributed by atoms with Crippen molar-refractivity contribution in [3.63, 3.8) is 0 Å². The second-order valence-corrected chi connectivity index (χ2v) is 7.00. The molecule has 2 aliphatic rings. The van der Waals surface area contributed by atoms with Crippen molar-refractivity contribution in [2.24, 2.45) is 4.99 Å². The minimum Gasteiger partial charge on any atom is -0.373 e. The molecular weight excluding hydrogens is 312 g/mol. The van der Waals surface area contributed by atoms with Crippen LogP contribution in [0, 0.1) is 0 Å². The molecular formula is C20H30N4O. The second kappa shape index (κ2) is 8.39. The molecule has 0 aromatic heterocycles. The fourth-order valence-electron chi connectivity index (χ4n) is 3.30. The van der Waals surface area contributed by atoms with E-state index in [9.17, 15) is 0 Å². The number of ether oxygens (including phenoxy) is 1. The van der Waals surface area contributed by atoms with Gasteiger partial charge in [-0.2, -0.15) is 0 Å². The van der Waals surface area contributed by atoms with Crippen molar-refractivity contribution in [1.82, 2.24) is 10.6 Å². The van der Waals surface area contributed by atoms with Crippen LogP contribution in [0.25, 0.3) is 0 Å². The number of aliphatic imine (C=N–C) groups is 1. The number of hydrogen-bond acceptors (Lipinski definition) is 3. The molecule has 2 N–H and O–H groups in total. The largest absolute Gasteiger partial charge is 0.373 e. The molecule has 5 nitrogen and oxygen atoms in total. The number of nitrogens with one attached hydrogen (secondary N) is 2. The Kier molecular flexibility index (Phi) is 5.97. The lowest BCUT2D eigenvalue weighted by molar-refractivity contribution is 0.0243. The third-order valence-electron chi connectivity index (χ3n) is 4.79. The maximum absolute atomic E-state index is 5.85. The Morgan fingerprint density at radius 3 is 2.84 bits per heavy atom. The molecule has 1 aromatic carbocycles. The number of hydrogen-bond donors (Lipinski definition) is 2. The van der Waals surface area contributed by atoms with Gasteiger partial charge in [0.1, 0.15) is 0 Å². The quantitative estimate of drug-likeness (QED) is 0.474. The molecule has 3 rings (SSSR count). The summed E-state index contributed by atoms with van der Waals surface area (Å²) in [5.74, 6) is 0.854. The Bertz CT molecular complexity index is 612. The summed E-state index contributed by atoms with van der Waals surface area (Å²) in [4.78, 5) is 7.10. The van der Waals surface area contributed by atoms with Crippen molar-refractivity contribution in [3.05, 3.63) is 42.0 Å². The Morgan fingerprint density at radius 2 is 2.12 bits per heavy atom. The number of nitrogens with zero attached hydrogens (tertiary/aromatic N) is 2. The van der Waals surface area contributed by atoms with E-state index in [0.717, 1.165) is 51.6 Å². The number of anilines is 1. The van der Waals surface area contributed by atoms with Crippen molar-refractivity contribution in [3.8, 4) is 0 Å². The molecule has 0 aliphatic carbocycles. The number of benzene rings is 1. The summed E-state index contributed by atoms with van der Waals surface area (Å²) in [6, 6.07) is 8.66. The Hall–Kier alpha value is -2.01. The van der Waals surface area contributed by atoms with Crippen LogP contribution in [0.15, 0.2) is 41.4 Å². The van der Waals surface area contributed by atoms with Crippen molar-refractivity contribution >= 4 is 11.6 Å². The van der Waals surface area contributed by atoms with Gasteiger partial charge in [-0.05, 0) is 44.4 Å². The zero-order valence-corrected chi connectivity index (χ0v) is 15.4. The molecule has 1 saturated heterocycles. The maximum atomic E-state index is 5.85. The number of guanidine groups is 1. The monoisotopic (exact) mass is 342 g/mol.